The van der Waals surface area contributed by atoms with Crippen LogP contribution in [0.1, 0.15) is 36.6 Å². The van der Waals surface area contributed by atoms with Crippen molar-refractivity contribution in [3.63, 3.8) is 0 Å². The molecule has 28 heavy (non-hydrogen) atoms. The van der Waals surface area contributed by atoms with Crippen molar-refractivity contribution in [2.45, 2.75) is 12.7 Å². The number of benzene rings is 2. The van der Waals surface area contributed by atoms with Gasteiger partial charge < -0.3 is 10.1 Å². The van der Waals surface area contributed by atoms with Crippen LogP contribution in [0.2, 0.25) is 0 Å². The number of carbonyl (C=O) groups is 3. The maximum atomic E-state index is 12.3. The van der Waals surface area contributed by atoms with Crippen molar-refractivity contribution in [1.82, 2.24) is 10.2 Å². The molecule has 0 spiro atoms. The van der Waals surface area contributed by atoms with Crippen molar-refractivity contribution < 1.29 is 32.3 Å². The van der Waals surface area contributed by atoms with E-state index in [9.17, 15) is 27.6 Å². The number of carbonyl (C=O) groups excluding carboxylic acids is 3. The second-order valence-electron chi connectivity index (χ2n) is 6.16. The van der Waals surface area contributed by atoms with Crippen molar-refractivity contribution >= 4 is 17.7 Å². The van der Waals surface area contributed by atoms with E-state index in [1.54, 1.807) is 6.07 Å². The van der Waals surface area contributed by atoms with E-state index in [1.807, 2.05) is 0 Å². The summed E-state index contributed by atoms with van der Waals surface area (Å²) >= 11 is 0. The minimum absolute atomic E-state index is 0.0359. The second kappa shape index (κ2) is 7.34. The number of halogens is 3. The van der Waals surface area contributed by atoms with E-state index in [-0.39, 0.29) is 29.0 Å². The molecule has 2 aromatic rings. The van der Waals surface area contributed by atoms with Gasteiger partial charge in [0.15, 0.2) is 6.61 Å². The lowest BCUT2D eigenvalue weighted by Crippen LogP contribution is -2.24. The van der Waals surface area contributed by atoms with E-state index in [2.05, 4.69) is 10.1 Å². The summed E-state index contributed by atoms with van der Waals surface area (Å²) in [4.78, 5) is 37.2. The lowest BCUT2D eigenvalue weighted by Gasteiger charge is -2.11. The zero-order valence-electron chi connectivity index (χ0n) is 14.7. The molecule has 9 heteroatoms. The Morgan fingerprint density at radius 1 is 1.07 bits per heavy atom. The van der Waals surface area contributed by atoms with E-state index in [4.69, 9.17) is 0 Å². The van der Waals surface area contributed by atoms with Crippen LogP contribution in [0.3, 0.4) is 0 Å². The molecule has 0 aliphatic carbocycles. The fourth-order valence-electron chi connectivity index (χ4n) is 2.70. The van der Waals surface area contributed by atoms with E-state index in [0.29, 0.717) is 5.56 Å². The number of ether oxygens (including phenoxy) is 1. The summed E-state index contributed by atoms with van der Waals surface area (Å²) in [6.45, 7) is -1.36. The fourth-order valence-corrected chi connectivity index (χ4v) is 2.70. The topological polar surface area (TPSA) is 75.7 Å². The van der Waals surface area contributed by atoms with Crippen molar-refractivity contribution in [3.05, 3.63) is 64.7 Å². The van der Waals surface area contributed by atoms with Gasteiger partial charge in [-0.25, -0.2) is 0 Å². The maximum absolute atomic E-state index is 12.3. The van der Waals surface area contributed by atoms with Crippen molar-refractivity contribution in [3.8, 4) is 5.75 Å². The highest BCUT2D eigenvalue weighted by atomic mass is 19.4. The minimum Gasteiger partial charge on any atom is -0.484 e. The van der Waals surface area contributed by atoms with E-state index >= 15 is 0 Å². The Bertz CT molecular complexity index is 956. The second-order valence-corrected chi connectivity index (χ2v) is 6.16. The van der Waals surface area contributed by atoms with E-state index in [1.165, 1.54) is 43.4 Å². The summed E-state index contributed by atoms with van der Waals surface area (Å²) < 4.78 is 41.3. The third-order valence-electron chi connectivity index (χ3n) is 4.11. The van der Waals surface area contributed by atoms with Gasteiger partial charge in [0, 0.05) is 19.2 Å². The molecule has 1 aliphatic rings. The van der Waals surface area contributed by atoms with Gasteiger partial charge in [0.2, 0.25) is 0 Å². The van der Waals surface area contributed by atoms with Gasteiger partial charge in [-0.2, -0.15) is 13.2 Å². The summed E-state index contributed by atoms with van der Waals surface area (Å²) in [6.07, 6.45) is -4.44. The highest BCUT2D eigenvalue weighted by Gasteiger charge is 2.33. The van der Waals surface area contributed by atoms with Crippen LogP contribution in [0.15, 0.2) is 42.5 Å². The molecule has 2 aromatic carbocycles. The summed E-state index contributed by atoms with van der Waals surface area (Å²) in [5.74, 6) is -1.36. The number of amides is 3. The molecule has 0 unspecified atom stereocenters. The molecule has 146 valence electrons. The average molecular weight is 392 g/mol. The summed E-state index contributed by atoms with van der Waals surface area (Å²) in [7, 11) is 1.36. The van der Waals surface area contributed by atoms with Gasteiger partial charge in [0.1, 0.15) is 5.75 Å². The normalized spacial score (nSPS) is 13.5. The number of nitrogens with zero attached hydrogens (tertiary/aromatic N) is 1. The SMILES string of the molecule is CN1C(=O)c2ccc(C(=O)NCc3cccc(OCC(F)(F)F)c3)cc2C1=O. The number of alkyl halides is 3. The Balaban J connectivity index is 1.65. The molecule has 1 aliphatic heterocycles. The van der Waals surface area contributed by atoms with Gasteiger partial charge in [-0.15, -0.1) is 0 Å². The van der Waals surface area contributed by atoms with Crippen LogP contribution in [0.5, 0.6) is 5.75 Å². The van der Waals surface area contributed by atoms with Crippen LogP contribution in [0.25, 0.3) is 0 Å². The van der Waals surface area contributed by atoms with E-state index < -0.39 is 30.5 Å². The number of nitrogens with one attached hydrogen (secondary N) is 1. The smallest absolute Gasteiger partial charge is 0.422 e. The molecule has 0 bridgehead atoms. The van der Waals surface area contributed by atoms with Crippen LogP contribution in [-0.4, -0.2) is 42.5 Å². The molecule has 0 aromatic heterocycles. The molecule has 1 heterocycles. The standard InChI is InChI=1S/C19H15F3N2O4/c1-24-17(26)14-6-5-12(8-15(14)18(24)27)16(25)23-9-11-3-2-4-13(7-11)28-10-19(20,21)22/h2-8H,9-10H2,1H3,(H,23,25). The molecule has 0 fully saturated rings. The molecule has 0 atom stereocenters. The molecule has 0 saturated heterocycles. The third-order valence-corrected chi connectivity index (χ3v) is 4.11. The first-order chi connectivity index (χ1) is 13.2. The minimum atomic E-state index is -4.44. The van der Waals surface area contributed by atoms with Crippen LogP contribution in [0, 0.1) is 0 Å². The van der Waals surface area contributed by atoms with Crippen LogP contribution < -0.4 is 10.1 Å². The summed E-state index contributed by atoms with van der Waals surface area (Å²) in [5, 5.41) is 2.62. The zero-order valence-corrected chi connectivity index (χ0v) is 14.7. The van der Waals surface area contributed by atoms with Gasteiger partial charge in [-0.3, -0.25) is 19.3 Å². The Labute approximate surface area is 157 Å². The van der Waals surface area contributed by atoms with E-state index in [0.717, 1.165) is 4.90 Å². The fraction of sp³-hybridized carbons (Fsp3) is 0.211. The summed E-state index contributed by atoms with van der Waals surface area (Å²) in [6, 6.07) is 10.1. The Hall–Kier alpha value is -3.36. The first-order valence-electron chi connectivity index (χ1n) is 8.19. The molecular formula is C19H15F3N2O4. The number of hydrogen-bond acceptors (Lipinski definition) is 4. The highest BCUT2D eigenvalue weighted by Crippen LogP contribution is 2.23. The summed E-state index contributed by atoms with van der Waals surface area (Å²) in [5.41, 5.74) is 1.13. The van der Waals surface area contributed by atoms with Gasteiger partial charge in [0.05, 0.1) is 11.1 Å². The van der Waals surface area contributed by atoms with Gasteiger partial charge in [-0.05, 0) is 35.9 Å². The van der Waals surface area contributed by atoms with Gasteiger partial charge in [0.25, 0.3) is 17.7 Å². The van der Waals surface area contributed by atoms with Crippen molar-refractivity contribution in [1.29, 1.82) is 0 Å². The molecule has 0 radical (unpaired) electrons. The van der Waals surface area contributed by atoms with Crippen LogP contribution in [0.4, 0.5) is 13.2 Å². The Morgan fingerprint density at radius 3 is 2.50 bits per heavy atom. The molecular weight excluding hydrogens is 377 g/mol. The van der Waals surface area contributed by atoms with Gasteiger partial charge >= 0.3 is 6.18 Å². The largest absolute Gasteiger partial charge is 0.484 e. The molecule has 3 rings (SSSR count). The molecule has 1 N–H and O–H groups in total. The maximum Gasteiger partial charge on any atom is 0.422 e. The number of imide groups is 1. The van der Waals surface area contributed by atoms with Crippen molar-refractivity contribution in [2.75, 3.05) is 13.7 Å². The average Bonchev–Trinajstić information content (AvgIpc) is 2.88. The quantitative estimate of drug-likeness (QED) is 0.794. The Kier molecular flexibility index (Phi) is 5.08. The first-order valence-corrected chi connectivity index (χ1v) is 8.19. The monoisotopic (exact) mass is 392 g/mol. The van der Waals surface area contributed by atoms with Crippen molar-refractivity contribution in [2.24, 2.45) is 0 Å². The Morgan fingerprint density at radius 2 is 1.79 bits per heavy atom. The lowest BCUT2D eigenvalue weighted by molar-refractivity contribution is -0.153. The predicted molar refractivity (Wildman–Crippen MR) is 92.0 cm³/mol. The predicted octanol–water partition coefficient (Wildman–Crippen LogP) is 2.78. The zero-order chi connectivity index (χ0) is 20.5. The lowest BCUT2D eigenvalue weighted by atomic mass is 10.1. The highest BCUT2D eigenvalue weighted by molar-refractivity contribution is 6.21. The first kappa shape index (κ1) is 19.4. The third kappa shape index (κ3) is 4.13. The number of hydrogen-bond donors (Lipinski definition) is 1. The molecule has 0 saturated carbocycles. The van der Waals surface area contributed by atoms with Crippen LogP contribution in [-0.2, 0) is 6.54 Å². The molecule has 6 nitrogen and oxygen atoms in total. The van der Waals surface area contributed by atoms with Gasteiger partial charge in [-0.1, -0.05) is 12.1 Å². The van der Waals surface area contributed by atoms with Crippen LogP contribution >= 0.6 is 0 Å². The number of rotatable bonds is 5. The number of fused-ring (bicyclic) bond motifs is 1. The molecule has 3 amide bonds.